The van der Waals surface area contributed by atoms with Crippen LogP contribution >= 0.6 is 36.0 Å². The maximum atomic E-state index is 12.1. The van der Waals surface area contributed by atoms with E-state index in [0.29, 0.717) is 6.61 Å². The van der Waals surface area contributed by atoms with Gasteiger partial charge in [-0.15, -0.1) is 0 Å². The number of hydrogen-bond acceptors (Lipinski definition) is 4. The third-order valence-electron chi connectivity index (χ3n) is 4.97. The van der Waals surface area contributed by atoms with Crippen molar-refractivity contribution in [3.8, 4) is 0 Å². The Morgan fingerprint density at radius 2 is 1.76 bits per heavy atom. The number of aryl methyl sites for hydroxylation is 1. The lowest BCUT2D eigenvalue weighted by Crippen LogP contribution is -2.48. The van der Waals surface area contributed by atoms with Gasteiger partial charge in [-0.1, -0.05) is 67.6 Å². The highest BCUT2D eigenvalue weighted by molar-refractivity contribution is 7.77. The average molecular weight is 457 g/mol. The molecule has 0 aromatic heterocycles. The first-order valence-electron chi connectivity index (χ1n) is 10.1. The first kappa shape index (κ1) is 24.1. The molecular weight excluding hydrogens is 427 g/mol. The molecule has 1 aromatic rings. The van der Waals surface area contributed by atoms with Gasteiger partial charge in [0.25, 0.3) is 0 Å². The molecule has 0 atom stereocenters. The maximum Gasteiger partial charge on any atom is 0.414 e. The fourth-order valence-corrected chi connectivity index (χ4v) is 3.60. The molecule has 2 aliphatic rings. The normalized spacial score (nSPS) is 18.7. The van der Waals surface area contributed by atoms with Gasteiger partial charge in [0.15, 0.2) is 0 Å². The Labute approximate surface area is 190 Å². The van der Waals surface area contributed by atoms with Crippen LogP contribution in [0, 0.1) is 6.92 Å². The standard InChI is InChI=1S/C14H18N2O2S.C8H12Cl2/c1-10-2-3-13-11(8-10)9-18-14(17)16(13)12-4-6-15(19)7-5-12;1-3-7(9)5-6-8(10)4-2/h2-3,8,12,19H,4-7,9H2,1H3;5-6H,3-4H2,1-2H3/b;7-5+,8-6+. The molecule has 0 saturated carbocycles. The lowest BCUT2D eigenvalue weighted by atomic mass is 10.0. The zero-order valence-electron chi connectivity index (χ0n) is 17.3. The molecular formula is C22H30Cl2N2O2S. The zero-order chi connectivity index (χ0) is 21.4. The summed E-state index contributed by atoms with van der Waals surface area (Å²) in [6, 6.07) is 6.41. The van der Waals surface area contributed by atoms with Gasteiger partial charge >= 0.3 is 6.09 Å². The monoisotopic (exact) mass is 456 g/mol. The van der Waals surface area contributed by atoms with Crippen LogP contribution in [0.3, 0.4) is 0 Å². The van der Waals surface area contributed by atoms with Crippen LogP contribution < -0.4 is 4.90 Å². The number of cyclic esters (lactones) is 1. The summed E-state index contributed by atoms with van der Waals surface area (Å²) in [4.78, 5) is 13.9. The van der Waals surface area contributed by atoms with Crippen molar-refractivity contribution in [2.45, 2.75) is 59.1 Å². The Morgan fingerprint density at radius 3 is 2.31 bits per heavy atom. The summed E-state index contributed by atoms with van der Waals surface area (Å²) in [7, 11) is 0. The van der Waals surface area contributed by atoms with Crippen molar-refractivity contribution in [1.82, 2.24) is 4.31 Å². The number of amides is 1. The minimum absolute atomic E-state index is 0.214. The Kier molecular flexibility index (Phi) is 9.90. The van der Waals surface area contributed by atoms with Crippen molar-refractivity contribution in [1.29, 1.82) is 0 Å². The molecule has 160 valence electrons. The zero-order valence-corrected chi connectivity index (χ0v) is 19.7. The summed E-state index contributed by atoms with van der Waals surface area (Å²) in [5.41, 5.74) is 3.31. The number of allylic oxidation sites excluding steroid dienone is 4. The van der Waals surface area contributed by atoms with Crippen LogP contribution in [-0.4, -0.2) is 29.5 Å². The van der Waals surface area contributed by atoms with Gasteiger partial charge in [-0.05, 0) is 50.8 Å². The largest absolute Gasteiger partial charge is 0.444 e. The Bertz CT molecular complexity index is 741. The highest BCUT2D eigenvalue weighted by Gasteiger charge is 2.33. The van der Waals surface area contributed by atoms with Crippen LogP contribution in [0.5, 0.6) is 0 Å². The minimum Gasteiger partial charge on any atom is -0.444 e. The number of rotatable bonds is 4. The van der Waals surface area contributed by atoms with E-state index in [2.05, 4.69) is 31.9 Å². The van der Waals surface area contributed by atoms with E-state index in [9.17, 15) is 4.79 Å². The van der Waals surface area contributed by atoms with E-state index in [1.54, 1.807) is 0 Å². The van der Waals surface area contributed by atoms with Crippen molar-refractivity contribution in [3.05, 3.63) is 51.5 Å². The fourth-order valence-electron chi connectivity index (χ4n) is 3.25. The SMILES string of the molecule is CC/C(Cl)=C\C=C(\Cl)CC.Cc1ccc2c(c1)COC(=O)N2C1CCN(S)CC1. The molecule has 2 heterocycles. The van der Waals surface area contributed by atoms with Gasteiger partial charge in [0.05, 0.1) is 5.69 Å². The smallest absolute Gasteiger partial charge is 0.414 e. The number of nitrogens with zero attached hydrogens (tertiary/aromatic N) is 2. The van der Waals surface area contributed by atoms with Gasteiger partial charge in [-0.2, -0.15) is 0 Å². The number of benzene rings is 1. The Morgan fingerprint density at radius 1 is 1.17 bits per heavy atom. The molecule has 7 heteroatoms. The fraction of sp³-hybridized carbons (Fsp3) is 0.500. The molecule has 2 aliphatic heterocycles. The Hall–Kier alpha value is -1.14. The van der Waals surface area contributed by atoms with Crippen molar-refractivity contribution in [2.24, 2.45) is 0 Å². The topological polar surface area (TPSA) is 32.8 Å². The maximum absolute atomic E-state index is 12.1. The van der Waals surface area contributed by atoms with Crippen LogP contribution in [0.1, 0.15) is 50.7 Å². The molecule has 0 spiro atoms. The highest BCUT2D eigenvalue weighted by Crippen LogP contribution is 2.32. The molecule has 1 saturated heterocycles. The van der Waals surface area contributed by atoms with Crippen molar-refractivity contribution >= 4 is 47.8 Å². The summed E-state index contributed by atoms with van der Waals surface area (Å²) in [5, 5.41) is 1.68. The number of carbonyl (C=O) groups is 1. The van der Waals surface area contributed by atoms with Crippen LogP contribution in [0.2, 0.25) is 0 Å². The number of ether oxygens (including phenoxy) is 1. The number of carbonyl (C=O) groups excluding carboxylic acids is 1. The van der Waals surface area contributed by atoms with Gasteiger partial charge in [0.1, 0.15) is 6.61 Å². The van der Waals surface area contributed by atoms with Crippen molar-refractivity contribution < 1.29 is 9.53 Å². The van der Waals surface area contributed by atoms with Gasteiger partial charge in [0, 0.05) is 34.8 Å². The molecule has 0 bridgehead atoms. The lowest BCUT2D eigenvalue weighted by Gasteiger charge is -2.39. The highest BCUT2D eigenvalue weighted by atomic mass is 35.5. The summed E-state index contributed by atoms with van der Waals surface area (Å²) in [5.74, 6) is 0. The van der Waals surface area contributed by atoms with E-state index in [-0.39, 0.29) is 12.1 Å². The average Bonchev–Trinajstić information content (AvgIpc) is 2.73. The quantitative estimate of drug-likeness (QED) is 0.398. The van der Waals surface area contributed by atoms with Crippen LogP contribution in [0.25, 0.3) is 0 Å². The molecule has 3 rings (SSSR count). The predicted octanol–water partition coefficient (Wildman–Crippen LogP) is 6.81. The summed E-state index contributed by atoms with van der Waals surface area (Å²) in [6.45, 7) is 8.26. The molecule has 1 amide bonds. The molecule has 0 N–H and O–H groups in total. The van der Waals surface area contributed by atoms with E-state index in [4.69, 9.17) is 27.9 Å². The molecule has 29 heavy (non-hydrogen) atoms. The van der Waals surface area contributed by atoms with Gasteiger partial charge in [-0.3, -0.25) is 9.21 Å². The van der Waals surface area contributed by atoms with Gasteiger partial charge in [0.2, 0.25) is 0 Å². The minimum atomic E-state index is -0.214. The van der Waals surface area contributed by atoms with Crippen LogP contribution in [-0.2, 0) is 11.3 Å². The molecule has 0 aliphatic carbocycles. The van der Waals surface area contributed by atoms with E-state index in [0.717, 1.165) is 60.1 Å². The van der Waals surface area contributed by atoms with Crippen molar-refractivity contribution in [2.75, 3.05) is 18.0 Å². The molecule has 1 aromatic carbocycles. The van der Waals surface area contributed by atoms with E-state index < -0.39 is 0 Å². The molecule has 4 nitrogen and oxygen atoms in total. The lowest BCUT2D eigenvalue weighted by molar-refractivity contribution is 0.136. The summed E-state index contributed by atoms with van der Waals surface area (Å²) < 4.78 is 7.31. The Balaban J connectivity index is 0.000000257. The number of thiol groups is 1. The first-order valence-corrected chi connectivity index (χ1v) is 11.2. The summed E-state index contributed by atoms with van der Waals surface area (Å²) >= 11 is 15.8. The first-order chi connectivity index (χ1) is 13.8. The van der Waals surface area contributed by atoms with Crippen LogP contribution in [0.4, 0.5) is 10.5 Å². The van der Waals surface area contributed by atoms with Crippen LogP contribution in [0.15, 0.2) is 40.4 Å². The van der Waals surface area contributed by atoms with Gasteiger partial charge in [-0.25, -0.2) is 4.79 Å². The van der Waals surface area contributed by atoms with E-state index in [1.807, 2.05) is 41.3 Å². The molecule has 0 unspecified atom stereocenters. The summed E-state index contributed by atoms with van der Waals surface area (Å²) in [6.07, 6.45) is 7.07. The number of fused-ring (bicyclic) bond motifs is 1. The number of anilines is 1. The van der Waals surface area contributed by atoms with Gasteiger partial charge < -0.3 is 4.74 Å². The molecule has 1 fully saturated rings. The third kappa shape index (κ3) is 7.25. The second-order valence-corrected chi connectivity index (χ2v) is 8.71. The number of piperidine rings is 1. The number of hydrogen-bond donors (Lipinski definition) is 1. The van der Waals surface area contributed by atoms with E-state index >= 15 is 0 Å². The molecule has 0 radical (unpaired) electrons. The second-order valence-electron chi connectivity index (χ2n) is 7.18. The second kappa shape index (κ2) is 11.9. The number of halogens is 2. The predicted molar refractivity (Wildman–Crippen MR) is 126 cm³/mol. The van der Waals surface area contributed by atoms with Crippen molar-refractivity contribution in [3.63, 3.8) is 0 Å². The van der Waals surface area contributed by atoms with E-state index in [1.165, 1.54) is 5.56 Å². The third-order valence-corrected chi connectivity index (χ3v) is 6.16.